The van der Waals surface area contributed by atoms with Gasteiger partial charge in [-0.15, -0.1) is 0 Å². The molecular weight excluding hydrogens is 374 g/mol. The Bertz CT molecular complexity index is 822. The minimum Gasteiger partial charge on any atom is -0.453 e. The molecule has 0 radical (unpaired) electrons. The standard InChI is InChI=1S/C19H25N7O3/c1-15-13-16(24-9-11-28-12-10-24)23-18(22-15)26-7-5-25(6-8-26)17(27)14-29-19-20-3-2-4-21-19/h2-4,13H,5-12,14H2,1H3. The number of carbonyl (C=O) groups excluding carboxylic acids is 1. The number of hydrogen-bond acceptors (Lipinski definition) is 9. The number of anilines is 2. The molecule has 0 saturated carbocycles. The van der Waals surface area contributed by atoms with Crippen LogP contribution in [0.2, 0.25) is 0 Å². The van der Waals surface area contributed by atoms with Gasteiger partial charge < -0.3 is 24.2 Å². The third-order valence-electron chi connectivity index (χ3n) is 4.95. The van der Waals surface area contributed by atoms with Crippen molar-refractivity contribution in [2.75, 3.05) is 68.9 Å². The fraction of sp³-hybridized carbons (Fsp3) is 0.526. The quantitative estimate of drug-likeness (QED) is 0.695. The minimum atomic E-state index is -0.0729. The lowest BCUT2D eigenvalue weighted by Crippen LogP contribution is -2.50. The van der Waals surface area contributed by atoms with Gasteiger partial charge in [-0.1, -0.05) is 0 Å². The summed E-state index contributed by atoms with van der Waals surface area (Å²) in [4.78, 5) is 35.9. The van der Waals surface area contributed by atoms with E-state index in [1.165, 1.54) is 0 Å². The number of piperazine rings is 1. The van der Waals surface area contributed by atoms with Crippen LogP contribution >= 0.6 is 0 Å². The fourth-order valence-electron chi connectivity index (χ4n) is 3.37. The van der Waals surface area contributed by atoms with E-state index >= 15 is 0 Å². The van der Waals surface area contributed by atoms with Gasteiger partial charge in [0.15, 0.2) is 6.61 Å². The van der Waals surface area contributed by atoms with Gasteiger partial charge in [-0.25, -0.2) is 15.0 Å². The Morgan fingerprint density at radius 1 is 1.03 bits per heavy atom. The summed E-state index contributed by atoms with van der Waals surface area (Å²) in [5.41, 5.74) is 0.936. The predicted molar refractivity (Wildman–Crippen MR) is 106 cm³/mol. The van der Waals surface area contributed by atoms with Crippen LogP contribution in [0.5, 0.6) is 6.01 Å². The highest BCUT2D eigenvalue weighted by Crippen LogP contribution is 2.19. The maximum Gasteiger partial charge on any atom is 0.316 e. The molecule has 0 atom stereocenters. The molecule has 10 nitrogen and oxygen atoms in total. The highest BCUT2D eigenvalue weighted by atomic mass is 16.5. The first-order valence-corrected chi connectivity index (χ1v) is 9.80. The van der Waals surface area contributed by atoms with Crippen LogP contribution < -0.4 is 14.5 Å². The molecule has 2 saturated heterocycles. The molecule has 0 N–H and O–H groups in total. The zero-order valence-corrected chi connectivity index (χ0v) is 16.5. The third kappa shape index (κ3) is 4.89. The summed E-state index contributed by atoms with van der Waals surface area (Å²) in [5, 5.41) is 0. The molecule has 154 valence electrons. The molecular formula is C19H25N7O3. The van der Waals surface area contributed by atoms with Gasteiger partial charge in [0.2, 0.25) is 5.95 Å². The van der Waals surface area contributed by atoms with E-state index in [2.05, 4.69) is 24.8 Å². The molecule has 2 aliphatic heterocycles. The number of aryl methyl sites for hydroxylation is 1. The number of carbonyl (C=O) groups is 1. The molecule has 0 bridgehead atoms. The van der Waals surface area contributed by atoms with Crippen LogP contribution in [0.15, 0.2) is 24.5 Å². The van der Waals surface area contributed by atoms with Crippen molar-refractivity contribution in [1.82, 2.24) is 24.8 Å². The Hall–Kier alpha value is -3.01. The van der Waals surface area contributed by atoms with Gasteiger partial charge >= 0.3 is 6.01 Å². The van der Waals surface area contributed by atoms with Gasteiger partial charge in [-0.05, 0) is 13.0 Å². The lowest BCUT2D eigenvalue weighted by atomic mass is 10.3. The van der Waals surface area contributed by atoms with Crippen LogP contribution in [0.3, 0.4) is 0 Å². The number of morpholine rings is 1. The first-order valence-electron chi connectivity index (χ1n) is 9.80. The smallest absolute Gasteiger partial charge is 0.316 e. The lowest BCUT2D eigenvalue weighted by molar-refractivity contribution is -0.133. The molecule has 4 rings (SSSR count). The first kappa shape index (κ1) is 19.3. The molecule has 1 amide bonds. The van der Waals surface area contributed by atoms with E-state index in [0.717, 1.165) is 37.8 Å². The van der Waals surface area contributed by atoms with Crippen molar-refractivity contribution in [3.63, 3.8) is 0 Å². The van der Waals surface area contributed by atoms with Gasteiger partial charge in [-0.2, -0.15) is 4.98 Å². The normalized spacial score (nSPS) is 17.3. The molecule has 10 heteroatoms. The molecule has 29 heavy (non-hydrogen) atoms. The average Bonchev–Trinajstić information content (AvgIpc) is 2.78. The maximum absolute atomic E-state index is 12.4. The predicted octanol–water partition coefficient (Wildman–Crippen LogP) is 0.139. The Morgan fingerprint density at radius 2 is 1.76 bits per heavy atom. The summed E-state index contributed by atoms with van der Waals surface area (Å²) in [6.07, 6.45) is 3.16. The van der Waals surface area contributed by atoms with Gasteiger partial charge in [-0.3, -0.25) is 4.79 Å². The van der Waals surface area contributed by atoms with Crippen molar-refractivity contribution < 1.29 is 14.3 Å². The second-order valence-corrected chi connectivity index (χ2v) is 6.95. The molecule has 4 heterocycles. The number of amides is 1. The topological polar surface area (TPSA) is 96.8 Å². The molecule has 2 aliphatic rings. The second kappa shape index (κ2) is 8.99. The summed E-state index contributed by atoms with van der Waals surface area (Å²) in [6.45, 7) is 7.59. The van der Waals surface area contributed by atoms with Crippen molar-refractivity contribution in [3.05, 3.63) is 30.2 Å². The zero-order chi connectivity index (χ0) is 20.1. The minimum absolute atomic E-state index is 0.0634. The van der Waals surface area contributed by atoms with Crippen molar-refractivity contribution in [3.8, 4) is 6.01 Å². The lowest BCUT2D eigenvalue weighted by Gasteiger charge is -2.35. The second-order valence-electron chi connectivity index (χ2n) is 6.95. The number of hydrogen-bond donors (Lipinski definition) is 0. The van der Waals surface area contributed by atoms with E-state index in [-0.39, 0.29) is 18.5 Å². The molecule has 0 unspecified atom stereocenters. The van der Waals surface area contributed by atoms with Gasteiger partial charge in [0.05, 0.1) is 13.2 Å². The van der Waals surface area contributed by atoms with Crippen molar-refractivity contribution in [2.45, 2.75) is 6.92 Å². The van der Waals surface area contributed by atoms with Gasteiger partial charge in [0, 0.05) is 63.4 Å². The SMILES string of the molecule is Cc1cc(N2CCOCC2)nc(N2CCN(C(=O)COc3ncccn3)CC2)n1. The molecule has 2 fully saturated rings. The monoisotopic (exact) mass is 399 g/mol. The summed E-state index contributed by atoms with van der Waals surface area (Å²) in [7, 11) is 0. The fourth-order valence-corrected chi connectivity index (χ4v) is 3.37. The van der Waals surface area contributed by atoms with Crippen molar-refractivity contribution >= 4 is 17.7 Å². The third-order valence-corrected chi connectivity index (χ3v) is 4.95. The zero-order valence-electron chi connectivity index (χ0n) is 16.5. The van der Waals surface area contributed by atoms with E-state index in [1.807, 2.05) is 13.0 Å². The highest BCUT2D eigenvalue weighted by Gasteiger charge is 2.24. The highest BCUT2D eigenvalue weighted by molar-refractivity contribution is 5.78. The molecule has 2 aromatic rings. The average molecular weight is 399 g/mol. The molecule has 2 aromatic heterocycles. The van der Waals surface area contributed by atoms with Crippen molar-refractivity contribution in [2.24, 2.45) is 0 Å². The van der Waals surface area contributed by atoms with Crippen LogP contribution in [0, 0.1) is 6.92 Å². The van der Waals surface area contributed by atoms with E-state index in [9.17, 15) is 4.79 Å². The number of aromatic nitrogens is 4. The molecule has 0 aromatic carbocycles. The summed E-state index contributed by atoms with van der Waals surface area (Å²) in [6, 6.07) is 3.92. The number of nitrogens with zero attached hydrogens (tertiary/aromatic N) is 7. The number of ether oxygens (including phenoxy) is 2. The van der Waals surface area contributed by atoms with Crippen molar-refractivity contribution in [1.29, 1.82) is 0 Å². The first-order chi connectivity index (χ1) is 14.2. The van der Waals surface area contributed by atoms with Gasteiger partial charge in [0.1, 0.15) is 5.82 Å². The van der Waals surface area contributed by atoms with Crippen LogP contribution in [-0.4, -0.2) is 89.8 Å². The van der Waals surface area contributed by atoms with E-state index in [0.29, 0.717) is 32.1 Å². The molecule has 0 aliphatic carbocycles. The van der Waals surface area contributed by atoms with E-state index in [4.69, 9.17) is 14.5 Å². The van der Waals surface area contributed by atoms with Crippen LogP contribution in [-0.2, 0) is 9.53 Å². The number of rotatable bonds is 5. The van der Waals surface area contributed by atoms with Crippen LogP contribution in [0.4, 0.5) is 11.8 Å². The Morgan fingerprint density at radius 3 is 2.48 bits per heavy atom. The summed E-state index contributed by atoms with van der Waals surface area (Å²) in [5.74, 6) is 1.58. The largest absolute Gasteiger partial charge is 0.453 e. The maximum atomic E-state index is 12.4. The van der Waals surface area contributed by atoms with Crippen LogP contribution in [0.1, 0.15) is 5.69 Å². The Labute approximate surface area is 169 Å². The van der Waals surface area contributed by atoms with Gasteiger partial charge in [0.25, 0.3) is 5.91 Å². The van der Waals surface area contributed by atoms with Crippen LogP contribution in [0.25, 0.3) is 0 Å². The summed E-state index contributed by atoms with van der Waals surface area (Å²) < 4.78 is 10.8. The van der Waals surface area contributed by atoms with E-state index in [1.54, 1.807) is 23.4 Å². The Balaban J connectivity index is 1.33. The summed E-state index contributed by atoms with van der Waals surface area (Å²) >= 11 is 0. The van der Waals surface area contributed by atoms with E-state index < -0.39 is 0 Å². The molecule has 0 spiro atoms. The Kier molecular flexibility index (Phi) is 5.99.